The molecule has 0 N–H and O–H groups in total. The Bertz CT molecular complexity index is 331. The van der Waals surface area contributed by atoms with Gasteiger partial charge in [0.15, 0.2) is 0 Å². The first kappa shape index (κ1) is 12.3. The maximum atomic E-state index is 10.4. The van der Waals surface area contributed by atoms with Crippen LogP contribution in [0, 0.1) is 0 Å². The Morgan fingerprint density at radius 3 is 2.29 bits per heavy atom. The van der Waals surface area contributed by atoms with Crippen LogP contribution in [-0.2, 0) is 11.2 Å². The SMILES string of the molecule is O=CCN1CCN(CCc2ccccc2)CC1. The van der Waals surface area contributed by atoms with Gasteiger partial charge in [-0.1, -0.05) is 30.3 Å². The van der Waals surface area contributed by atoms with Crippen LogP contribution in [0.3, 0.4) is 0 Å². The lowest BCUT2D eigenvalue weighted by molar-refractivity contribution is -0.109. The number of piperazine rings is 1. The fraction of sp³-hybridized carbons (Fsp3) is 0.500. The Kier molecular flexibility index (Phi) is 4.71. The summed E-state index contributed by atoms with van der Waals surface area (Å²) < 4.78 is 0. The molecule has 3 heteroatoms. The van der Waals surface area contributed by atoms with Crippen molar-refractivity contribution >= 4 is 6.29 Å². The molecule has 0 spiro atoms. The summed E-state index contributed by atoms with van der Waals surface area (Å²) in [7, 11) is 0. The molecular formula is C14H20N2O. The van der Waals surface area contributed by atoms with Gasteiger partial charge in [-0.05, 0) is 12.0 Å². The Morgan fingerprint density at radius 2 is 1.65 bits per heavy atom. The van der Waals surface area contributed by atoms with E-state index in [9.17, 15) is 4.79 Å². The fourth-order valence-corrected chi connectivity index (χ4v) is 2.23. The Hall–Kier alpha value is -1.19. The summed E-state index contributed by atoms with van der Waals surface area (Å²) in [5.41, 5.74) is 1.41. The predicted octanol–water partition coefficient (Wildman–Crippen LogP) is 1.05. The summed E-state index contributed by atoms with van der Waals surface area (Å²) >= 11 is 0. The third-order valence-electron chi connectivity index (χ3n) is 3.36. The van der Waals surface area contributed by atoms with E-state index in [1.54, 1.807) is 0 Å². The maximum absolute atomic E-state index is 10.4. The number of hydrogen-bond acceptors (Lipinski definition) is 3. The average molecular weight is 232 g/mol. The first-order chi connectivity index (χ1) is 8.38. The summed E-state index contributed by atoms with van der Waals surface area (Å²) in [6, 6.07) is 10.6. The van der Waals surface area contributed by atoms with E-state index < -0.39 is 0 Å². The molecular weight excluding hydrogens is 212 g/mol. The van der Waals surface area contributed by atoms with Crippen LogP contribution in [0.1, 0.15) is 5.56 Å². The summed E-state index contributed by atoms with van der Waals surface area (Å²) in [4.78, 5) is 15.1. The van der Waals surface area contributed by atoms with Crippen molar-refractivity contribution < 1.29 is 4.79 Å². The Labute approximate surface area is 103 Å². The highest BCUT2D eigenvalue weighted by atomic mass is 16.1. The standard InChI is InChI=1S/C14H20N2O/c17-13-12-16-10-8-15(9-11-16)7-6-14-4-2-1-3-5-14/h1-5,13H,6-12H2. The van der Waals surface area contributed by atoms with Crippen LogP contribution in [0.25, 0.3) is 0 Å². The fourth-order valence-electron chi connectivity index (χ4n) is 2.23. The minimum absolute atomic E-state index is 0.590. The van der Waals surface area contributed by atoms with E-state index in [0.717, 1.165) is 45.4 Å². The molecule has 0 aromatic heterocycles. The molecule has 0 radical (unpaired) electrons. The van der Waals surface area contributed by atoms with E-state index in [1.807, 2.05) is 0 Å². The normalized spacial score (nSPS) is 18.1. The molecule has 0 atom stereocenters. The summed E-state index contributed by atoms with van der Waals surface area (Å²) in [5.74, 6) is 0. The average Bonchev–Trinajstić information content (AvgIpc) is 2.40. The van der Waals surface area contributed by atoms with E-state index >= 15 is 0 Å². The largest absolute Gasteiger partial charge is 0.302 e. The number of carbonyl (C=O) groups excluding carboxylic acids is 1. The number of carbonyl (C=O) groups is 1. The van der Waals surface area contributed by atoms with E-state index in [2.05, 4.69) is 40.1 Å². The zero-order chi connectivity index (χ0) is 11.9. The van der Waals surface area contributed by atoms with Gasteiger partial charge in [0.2, 0.25) is 0 Å². The van der Waals surface area contributed by atoms with Gasteiger partial charge in [0.05, 0.1) is 6.54 Å². The van der Waals surface area contributed by atoms with Gasteiger partial charge in [-0.3, -0.25) is 4.90 Å². The van der Waals surface area contributed by atoms with Gasteiger partial charge >= 0.3 is 0 Å². The zero-order valence-corrected chi connectivity index (χ0v) is 10.2. The highest BCUT2D eigenvalue weighted by Crippen LogP contribution is 2.04. The van der Waals surface area contributed by atoms with Crippen molar-refractivity contribution in [3.63, 3.8) is 0 Å². The molecule has 1 fully saturated rings. The van der Waals surface area contributed by atoms with Gasteiger partial charge < -0.3 is 9.69 Å². The molecule has 1 aliphatic rings. The predicted molar refractivity (Wildman–Crippen MR) is 69.1 cm³/mol. The van der Waals surface area contributed by atoms with E-state index in [-0.39, 0.29) is 0 Å². The van der Waals surface area contributed by atoms with Crippen molar-refractivity contribution in [2.45, 2.75) is 6.42 Å². The second-order valence-electron chi connectivity index (χ2n) is 4.54. The lowest BCUT2D eigenvalue weighted by Crippen LogP contribution is -2.47. The molecule has 1 aromatic rings. The summed E-state index contributed by atoms with van der Waals surface area (Å²) in [6.07, 6.45) is 2.12. The molecule has 3 nitrogen and oxygen atoms in total. The number of rotatable bonds is 5. The van der Waals surface area contributed by atoms with Gasteiger partial charge in [0, 0.05) is 32.7 Å². The quantitative estimate of drug-likeness (QED) is 0.709. The Balaban J connectivity index is 1.70. The van der Waals surface area contributed by atoms with Crippen molar-refractivity contribution in [3.8, 4) is 0 Å². The van der Waals surface area contributed by atoms with E-state index in [0.29, 0.717) is 6.54 Å². The van der Waals surface area contributed by atoms with Crippen molar-refractivity contribution in [2.75, 3.05) is 39.3 Å². The minimum atomic E-state index is 0.590. The van der Waals surface area contributed by atoms with Crippen molar-refractivity contribution in [1.82, 2.24) is 9.80 Å². The first-order valence-electron chi connectivity index (χ1n) is 6.31. The van der Waals surface area contributed by atoms with Crippen molar-refractivity contribution in [3.05, 3.63) is 35.9 Å². The van der Waals surface area contributed by atoms with Crippen LogP contribution >= 0.6 is 0 Å². The van der Waals surface area contributed by atoms with Gasteiger partial charge in [0.1, 0.15) is 6.29 Å². The molecule has 0 aliphatic carbocycles. The molecule has 1 aliphatic heterocycles. The topological polar surface area (TPSA) is 23.6 Å². The molecule has 1 heterocycles. The summed E-state index contributed by atoms with van der Waals surface area (Å²) in [5, 5.41) is 0. The second kappa shape index (κ2) is 6.52. The van der Waals surface area contributed by atoms with Crippen LogP contribution in [0.15, 0.2) is 30.3 Å². The summed E-state index contributed by atoms with van der Waals surface area (Å²) in [6.45, 7) is 5.92. The van der Waals surface area contributed by atoms with Crippen LogP contribution in [0.4, 0.5) is 0 Å². The number of hydrogen-bond donors (Lipinski definition) is 0. The molecule has 2 rings (SSSR count). The second-order valence-corrected chi connectivity index (χ2v) is 4.54. The van der Waals surface area contributed by atoms with Crippen LogP contribution in [-0.4, -0.2) is 55.4 Å². The number of benzene rings is 1. The smallest absolute Gasteiger partial charge is 0.133 e. The Morgan fingerprint density at radius 1 is 1.00 bits per heavy atom. The highest BCUT2D eigenvalue weighted by Gasteiger charge is 2.15. The molecule has 17 heavy (non-hydrogen) atoms. The highest BCUT2D eigenvalue weighted by molar-refractivity contribution is 5.51. The molecule has 0 unspecified atom stereocenters. The molecule has 0 saturated carbocycles. The van der Waals surface area contributed by atoms with E-state index in [4.69, 9.17) is 0 Å². The monoisotopic (exact) mass is 232 g/mol. The first-order valence-corrected chi connectivity index (χ1v) is 6.31. The van der Waals surface area contributed by atoms with Gasteiger partial charge in [-0.15, -0.1) is 0 Å². The molecule has 0 bridgehead atoms. The third-order valence-corrected chi connectivity index (χ3v) is 3.36. The van der Waals surface area contributed by atoms with Crippen LogP contribution < -0.4 is 0 Å². The van der Waals surface area contributed by atoms with Crippen LogP contribution in [0.2, 0.25) is 0 Å². The minimum Gasteiger partial charge on any atom is -0.302 e. The van der Waals surface area contributed by atoms with Gasteiger partial charge in [-0.25, -0.2) is 0 Å². The number of aldehydes is 1. The molecule has 0 amide bonds. The maximum Gasteiger partial charge on any atom is 0.133 e. The van der Waals surface area contributed by atoms with Crippen molar-refractivity contribution in [2.24, 2.45) is 0 Å². The lowest BCUT2D eigenvalue weighted by atomic mass is 10.1. The molecule has 92 valence electrons. The van der Waals surface area contributed by atoms with E-state index in [1.165, 1.54) is 5.56 Å². The van der Waals surface area contributed by atoms with Crippen LogP contribution in [0.5, 0.6) is 0 Å². The van der Waals surface area contributed by atoms with Gasteiger partial charge in [-0.2, -0.15) is 0 Å². The van der Waals surface area contributed by atoms with Gasteiger partial charge in [0.25, 0.3) is 0 Å². The molecule has 1 saturated heterocycles. The zero-order valence-electron chi connectivity index (χ0n) is 10.2. The third kappa shape index (κ3) is 3.95. The van der Waals surface area contributed by atoms with Crippen molar-refractivity contribution in [1.29, 1.82) is 0 Å². The number of nitrogens with zero attached hydrogens (tertiary/aromatic N) is 2. The lowest BCUT2D eigenvalue weighted by Gasteiger charge is -2.33. The molecule has 1 aromatic carbocycles.